The molecule has 0 aliphatic heterocycles. The van der Waals surface area contributed by atoms with Crippen molar-refractivity contribution in [1.29, 1.82) is 0 Å². The van der Waals surface area contributed by atoms with Crippen LogP contribution in [0, 0.1) is 6.92 Å². The molecule has 0 fully saturated rings. The van der Waals surface area contributed by atoms with Crippen LogP contribution < -0.4 is 0 Å². The van der Waals surface area contributed by atoms with Crippen molar-refractivity contribution < 1.29 is 13.5 Å². The molecular formula is C10H13BrO3S. The lowest BCUT2D eigenvalue weighted by Gasteiger charge is -2.16. The number of hydrogen-bond acceptors (Lipinski definition) is 3. The smallest absolute Gasteiger partial charge is 0.163 e. The Balaban J connectivity index is 3.00. The van der Waals surface area contributed by atoms with Crippen molar-refractivity contribution in [2.45, 2.75) is 17.2 Å². The van der Waals surface area contributed by atoms with Crippen molar-refractivity contribution in [3.8, 4) is 0 Å². The molecule has 0 radical (unpaired) electrons. The van der Waals surface area contributed by atoms with Crippen molar-refractivity contribution in [2.75, 3.05) is 6.26 Å². The summed E-state index contributed by atoms with van der Waals surface area (Å²) in [6, 6.07) is 7.15. The van der Waals surface area contributed by atoms with Crippen molar-refractivity contribution in [3.05, 3.63) is 35.4 Å². The molecule has 0 aliphatic carbocycles. The van der Waals surface area contributed by atoms with E-state index in [1.165, 1.54) is 0 Å². The van der Waals surface area contributed by atoms with Gasteiger partial charge in [0, 0.05) is 6.26 Å². The van der Waals surface area contributed by atoms with Gasteiger partial charge < -0.3 is 5.11 Å². The van der Waals surface area contributed by atoms with Crippen LogP contribution in [0.5, 0.6) is 0 Å². The van der Waals surface area contributed by atoms with Crippen LogP contribution in [0.25, 0.3) is 0 Å². The third-order valence-corrected chi connectivity index (χ3v) is 5.65. The fourth-order valence-corrected chi connectivity index (χ4v) is 2.17. The van der Waals surface area contributed by atoms with Gasteiger partial charge in [0.25, 0.3) is 0 Å². The molecule has 2 atom stereocenters. The molecule has 1 rings (SSSR count). The average molecular weight is 293 g/mol. The molecule has 0 saturated carbocycles. The summed E-state index contributed by atoms with van der Waals surface area (Å²) < 4.78 is 21.5. The molecule has 0 spiro atoms. The van der Waals surface area contributed by atoms with Crippen LogP contribution in [0.1, 0.15) is 17.2 Å². The molecule has 15 heavy (non-hydrogen) atoms. The molecule has 0 saturated heterocycles. The second kappa shape index (κ2) is 4.63. The Hall–Kier alpha value is -0.390. The molecule has 0 aliphatic rings. The quantitative estimate of drug-likeness (QED) is 0.865. The van der Waals surface area contributed by atoms with Gasteiger partial charge in [-0.2, -0.15) is 0 Å². The standard InChI is InChI=1S/C10H13BrO3S/c1-7-4-3-5-8(6-7)9(12)10(11)15(2,13)14/h3-6,9-10,12H,1-2H3. The van der Waals surface area contributed by atoms with E-state index in [4.69, 9.17) is 0 Å². The Morgan fingerprint density at radius 1 is 1.40 bits per heavy atom. The lowest BCUT2D eigenvalue weighted by atomic mass is 10.1. The number of hydrogen-bond donors (Lipinski definition) is 1. The first kappa shape index (κ1) is 12.7. The summed E-state index contributed by atoms with van der Waals surface area (Å²) in [5.41, 5.74) is 1.59. The van der Waals surface area contributed by atoms with Gasteiger partial charge in [-0.1, -0.05) is 45.8 Å². The second-order valence-electron chi connectivity index (χ2n) is 3.54. The van der Waals surface area contributed by atoms with Gasteiger partial charge in [0.15, 0.2) is 9.84 Å². The molecule has 0 amide bonds. The van der Waals surface area contributed by atoms with E-state index in [2.05, 4.69) is 15.9 Å². The van der Waals surface area contributed by atoms with Gasteiger partial charge in [-0.3, -0.25) is 0 Å². The number of sulfone groups is 1. The van der Waals surface area contributed by atoms with Crippen LogP contribution >= 0.6 is 15.9 Å². The largest absolute Gasteiger partial charge is 0.386 e. The highest BCUT2D eigenvalue weighted by molar-refractivity contribution is 9.11. The summed E-state index contributed by atoms with van der Waals surface area (Å²) in [4.78, 5) is 0. The van der Waals surface area contributed by atoms with E-state index in [0.717, 1.165) is 11.8 Å². The third-order valence-electron chi connectivity index (χ3n) is 2.04. The molecule has 1 aromatic rings. The third kappa shape index (κ3) is 3.29. The van der Waals surface area contributed by atoms with Gasteiger partial charge >= 0.3 is 0 Å². The number of rotatable bonds is 3. The van der Waals surface area contributed by atoms with E-state index in [1.807, 2.05) is 13.0 Å². The maximum Gasteiger partial charge on any atom is 0.163 e. The van der Waals surface area contributed by atoms with Crippen LogP contribution in [-0.4, -0.2) is 23.9 Å². The van der Waals surface area contributed by atoms with Gasteiger partial charge in [-0.15, -0.1) is 0 Å². The molecule has 3 nitrogen and oxygen atoms in total. The Morgan fingerprint density at radius 2 is 2.00 bits per heavy atom. The second-order valence-corrected chi connectivity index (χ2v) is 7.30. The fraction of sp³-hybridized carbons (Fsp3) is 0.400. The van der Waals surface area contributed by atoms with E-state index in [1.54, 1.807) is 18.2 Å². The van der Waals surface area contributed by atoms with Crippen LogP contribution in [0.2, 0.25) is 0 Å². The molecule has 2 unspecified atom stereocenters. The molecule has 5 heteroatoms. The van der Waals surface area contributed by atoms with Gasteiger partial charge in [0.1, 0.15) is 10.3 Å². The summed E-state index contributed by atoms with van der Waals surface area (Å²) in [6.07, 6.45) is 0.0470. The van der Waals surface area contributed by atoms with Gasteiger partial charge in [-0.05, 0) is 12.5 Å². The lowest BCUT2D eigenvalue weighted by molar-refractivity contribution is 0.195. The maximum absolute atomic E-state index is 11.2. The first-order valence-corrected chi connectivity index (χ1v) is 7.27. The number of aryl methyl sites for hydroxylation is 1. The number of aliphatic hydroxyl groups is 1. The van der Waals surface area contributed by atoms with E-state index in [9.17, 15) is 13.5 Å². The minimum atomic E-state index is -3.30. The topological polar surface area (TPSA) is 54.4 Å². The highest BCUT2D eigenvalue weighted by atomic mass is 79.9. The van der Waals surface area contributed by atoms with Crippen LogP contribution in [0.3, 0.4) is 0 Å². The first-order chi connectivity index (χ1) is 6.82. The predicted molar refractivity (Wildman–Crippen MR) is 63.7 cm³/mol. The SMILES string of the molecule is Cc1cccc(C(O)C(Br)S(C)(=O)=O)c1. The Bertz CT molecular complexity index is 442. The van der Waals surface area contributed by atoms with Crippen LogP contribution in [-0.2, 0) is 9.84 Å². The van der Waals surface area contributed by atoms with Crippen LogP contribution in [0.15, 0.2) is 24.3 Å². The minimum absolute atomic E-state index is 0.599. The number of aliphatic hydroxyl groups excluding tert-OH is 1. The molecule has 1 N–H and O–H groups in total. The fourth-order valence-electron chi connectivity index (χ4n) is 1.24. The number of alkyl halides is 1. The summed E-state index contributed by atoms with van der Waals surface area (Å²) in [5.74, 6) is 0. The highest BCUT2D eigenvalue weighted by Gasteiger charge is 2.27. The van der Waals surface area contributed by atoms with Gasteiger partial charge in [0.2, 0.25) is 0 Å². The van der Waals surface area contributed by atoms with Crippen molar-refractivity contribution in [3.63, 3.8) is 0 Å². The van der Waals surface area contributed by atoms with Crippen molar-refractivity contribution >= 4 is 25.8 Å². The first-order valence-electron chi connectivity index (χ1n) is 4.40. The van der Waals surface area contributed by atoms with Crippen molar-refractivity contribution in [2.24, 2.45) is 0 Å². The summed E-state index contributed by atoms with van der Waals surface area (Å²) in [5, 5.41) is 9.82. The Labute approximate surface area is 98.2 Å². The molecule has 1 aromatic carbocycles. The average Bonchev–Trinajstić information content (AvgIpc) is 2.14. The normalized spacial score (nSPS) is 16.0. The predicted octanol–water partition coefficient (Wildman–Crippen LogP) is 1.79. The Morgan fingerprint density at radius 3 is 2.47 bits per heavy atom. The number of benzene rings is 1. The van der Waals surface area contributed by atoms with Gasteiger partial charge in [0.05, 0.1) is 0 Å². The molecule has 0 heterocycles. The number of halogens is 1. The molecule has 84 valence electrons. The van der Waals surface area contributed by atoms with E-state index in [-0.39, 0.29) is 0 Å². The van der Waals surface area contributed by atoms with Crippen LogP contribution in [0.4, 0.5) is 0 Å². The minimum Gasteiger partial charge on any atom is -0.386 e. The maximum atomic E-state index is 11.2. The van der Waals surface area contributed by atoms with Crippen molar-refractivity contribution in [1.82, 2.24) is 0 Å². The Kier molecular flexibility index (Phi) is 3.92. The molecule has 0 aromatic heterocycles. The zero-order valence-corrected chi connectivity index (χ0v) is 10.9. The van der Waals surface area contributed by atoms with Gasteiger partial charge in [-0.25, -0.2) is 8.42 Å². The zero-order chi connectivity index (χ0) is 11.6. The van der Waals surface area contributed by atoms with E-state index >= 15 is 0 Å². The monoisotopic (exact) mass is 292 g/mol. The summed E-state index contributed by atoms with van der Waals surface area (Å²) in [7, 11) is -3.30. The molecule has 0 bridgehead atoms. The zero-order valence-electron chi connectivity index (χ0n) is 8.51. The van der Waals surface area contributed by atoms with E-state index in [0.29, 0.717) is 5.56 Å². The molecular weight excluding hydrogens is 280 g/mol. The summed E-state index contributed by atoms with van der Waals surface area (Å²) >= 11 is 2.99. The lowest BCUT2D eigenvalue weighted by Crippen LogP contribution is -2.21. The summed E-state index contributed by atoms with van der Waals surface area (Å²) in [6.45, 7) is 1.89. The highest BCUT2D eigenvalue weighted by Crippen LogP contribution is 2.26. The van der Waals surface area contributed by atoms with E-state index < -0.39 is 20.1 Å².